The number of rotatable bonds is 3. The normalized spacial score (nSPS) is 25.9. The summed E-state index contributed by atoms with van der Waals surface area (Å²) < 4.78 is 1.15. The number of fused-ring (bicyclic) bond motifs is 1. The number of amides is 4. The predicted molar refractivity (Wildman–Crippen MR) is 90.9 cm³/mol. The molecule has 1 aromatic heterocycles. The summed E-state index contributed by atoms with van der Waals surface area (Å²) in [5, 5.41) is 11.0. The smallest absolute Gasteiger partial charge is 0.322 e. The van der Waals surface area contributed by atoms with E-state index in [0.717, 1.165) is 22.9 Å². The van der Waals surface area contributed by atoms with E-state index in [-0.39, 0.29) is 17.7 Å². The van der Waals surface area contributed by atoms with Gasteiger partial charge >= 0.3 is 6.03 Å². The molecule has 2 aromatic rings. The molecule has 6 nitrogen and oxygen atoms in total. The first-order valence-corrected chi connectivity index (χ1v) is 8.85. The highest BCUT2D eigenvalue weighted by Gasteiger charge is 2.54. The highest BCUT2D eigenvalue weighted by Crippen LogP contribution is 2.37. The van der Waals surface area contributed by atoms with E-state index >= 15 is 0 Å². The molecule has 1 aliphatic carbocycles. The quantitative estimate of drug-likeness (QED) is 0.745. The fourth-order valence-corrected chi connectivity index (χ4v) is 4.52. The van der Waals surface area contributed by atoms with Crippen molar-refractivity contribution in [2.24, 2.45) is 5.92 Å². The lowest BCUT2D eigenvalue weighted by molar-refractivity contribution is -0.125. The number of nitrogens with one attached hydrogen (secondary N) is 3. The molecular weight excluding hydrogens is 326 g/mol. The molecule has 124 valence electrons. The number of hydrogen-bond acceptors (Lipinski definition) is 4. The Morgan fingerprint density at radius 1 is 1.33 bits per heavy atom. The van der Waals surface area contributed by atoms with Crippen LogP contribution in [0.3, 0.4) is 0 Å². The van der Waals surface area contributed by atoms with Crippen LogP contribution in [0.25, 0.3) is 10.1 Å². The molecule has 4 rings (SSSR count). The second-order valence-electron chi connectivity index (χ2n) is 6.35. The first-order chi connectivity index (χ1) is 11.6. The van der Waals surface area contributed by atoms with Crippen molar-refractivity contribution < 1.29 is 14.4 Å². The standard InChI is InChI=1S/C17H17N3O3S/c21-14(11-3-4-13-10(8-11)5-7-24-13)18-9-12-2-1-6-17(12)15(22)19-16(23)20-17/h3-5,7-8,12H,1-2,6,9H2,(H,18,21)(H2,19,20,22,23)/t12-,17-/m1/s1. The molecule has 0 radical (unpaired) electrons. The number of carbonyl (C=O) groups is 3. The second-order valence-corrected chi connectivity index (χ2v) is 7.30. The van der Waals surface area contributed by atoms with Crippen LogP contribution in [-0.4, -0.2) is 29.9 Å². The lowest BCUT2D eigenvalue weighted by atomic mass is 9.87. The molecule has 1 spiro atoms. The van der Waals surface area contributed by atoms with Gasteiger partial charge in [-0.1, -0.05) is 6.42 Å². The van der Waals surface area contributed by atoms with E-state index in [2.05, 4.69) is 16.0 Å². The van der Waals surface area contributed by atoms with E-state index in [9.17, 15) is 14.4 Å². The molecule has 0 unspecified atom stereocenters. The summed E-state index contributed by atoms with van der Waals surface area (Å²) >= 11 is 1.64. The van der Waals surface area contributed by atoms with Crippen molar-refractivity contribution in [3.63, 3.8) is 0 Å². The molecule has 1 saturated heterocycles. The summed E-state index contributed by atoms with van der Waals surface area (Å²) in [7, 11) is 0. The van der Waals surface area contributed by atoms with Crippen LogP contribution in [-0.2, 0) is 4.79 Å². The van der Waals surface area contributed by atoms with Crippen molar-refractivity contribution in [3.8, 4) is 0 Å². The van der Waals surface area contributed by atoms with Gasteiger partial charge in [-0.05, 0) is 47.9 Å². The van der Waals surface area contributed by atoms with Crippen LogP contribution in [0.4, 0.5) is 4.79 Å². The zero-order chi connectivity index (χ0) is 16.7. The molecule has 24 heavy (non-hydrogen) atoms. The molecule has 0 bridgehead atoms. The van der Waals surface area contributed by atoms with E-state index in [0.29, 0.717) is 18.5 Å². The summed E-state index contributed by atoms with van der Waals surface area (Å²) in [5.74, 6) is -0.517. The zero-order valence-electron chi connectivity index (χ0n) is 12.9. The first kappa shape index (κ1) is 15.1. The van der Waals surface area contributed by atoms with Gasteiger partial charge in [0, 0.05) is 22.7 Å². The van der Waals surface area contributed by atoms with Gasteiger partial charge in [-0.15, -0.1) is 11.3 Å². The molecule has 7 heteroatoms. The SMILES string of the molecule is O=C1NC(=O)[C@]2(CCC[C@@H]2CNC(=O)c2ccc3sccc3c2)N1. The number of carbonyl (C=O) groups excluding carboxylic acids is 3. The third-order valence-electron chi connectivity index (χ3n) is 5.01. The number of urea groups is 1. The lowest BCUT2D eigenvalue weighted by Crippen LogP contribution is -2.53. The van der Waals surface area contributed by atoms with E-state index in [4.69, 9.17) is 0 Å². The van der Waals surface area contributed by atoms with Crippen molar-refractivity contribution in [2.75, 3.05) is 6.54 Å². The Balaban J connectivity index is 1.47. The summed E-state index contributed by atoms with van der Waals surface area (Å²) in [5.41, 5.74) is -0.255. The van der Waals surface area contributed by atoms with Crippen LogP contribution in [0.15, 0.2) is 29.6 Å². The largest absolute Gasteiger partial charge is 0.352 e. The van der Waals surface area contributed by atoms with Crippen LogP contribution >= 0.6 is 11.3 Å². The molecule has 1 aliphatic heterocycles. The Labute approximate surface area is 142 Å². The molecule has 2 fully saturated rings. The molecule has 3 N–H and O–H groups in total. The average Bonchev–Trinajstić information content (AvgIpc) is 3.25. The average molecular weight is 343 g/mol. The van der Waals surface area contributed by atoms with Crippen LogP contribution in [0, 0.1) is 5.92 Å². The van der Waals surface area contributed by atoms with E-state index in [1.165, 1.54) is 0 Å². The molecular formula is C17H17N3O3S. The summed E-state index contributed by atoms with van der Waals surface area (Å²) in [6.07, 6.45) is 2.28. The van der Waals surface area contributed by atoms with E-state index in [1.54, 1.807) is 11.3 Å². The Bertz CT molecular complexity index is 846. The fourth-order valence-electron chi connectivity index (χ4n) is 3.75. The van der Waals surface area contributed by atoms with Crippen molar-refractivity contribution in [1.82, 2.24) is 16.0 Å². The van der Waals surface area contributed by atoms with Gasteiger partial charge in [-0.3, -0.25) is 14.9 Å². The third-order valence-corrected chi connectivity index (χ3v) is 5.91. The molecule has 2 aliphatic rings. The lowest BCUT2D eigenvalue weighted by Gasteiger charge is -2.28. The fraction of sp³-hybridized carbons (Fsp3) is 0.353. The van der Waals surface area contributed by atoms with Crippen molar-refractivity contribution in [1.29, 1.82) is 0 Å². The Hall–Kier alpha value is -2.41. The number of benzene rings is 1. The van der Waals surface area contributed by atoms with Gasteiger partial charge in [-0.25, -0.2) is 4.79 Å². The van der Waals surface area contributed by atoms with Crippen LogP contribution in [0.2, 0.25) is 0 Å². The third kappa shape index (κ3) is 2.36. The van der Waals surface area contributed by atoms with Crippen LogP contribution in [0.1, 0.15) is 29.6 Å². The molecule has 4 amide bonds. The maximum Gasteiger partial charge on any atom is 0.322 e. The van der Waals surface area contributed by atoms with Gasteiger partial charge in [0.15, 0.2) is 0 Å². The highest BCUT2D eigenvalue weighted by atomic mass is 32.1. The Morgan fingerprint density at radius 2 is 2.21 bits per heavy atom. The summed E-state index contributed by atoms with van der Waals surface area (Å²) in [6, 6.07) is 7.16. The van der Waals surface area contributed by atoms with Gasteiger partial charge in [-0.2, -0.15) is 0 Å². The van der Waals surface area contributed by atoms with Crippen molar-refractivity contribution in [3.05, 3.63) is 35.2 Å². The molecule has 1 aromatic carbocycles. The second kappa shape index (κ2) is 5.59. The van der Waals surface area contributed by atoms with Crippen molar-refractivity contribution in [2.45, 2.75) is 24.8 Å². The van der Waals surface area contributed by atoms with Crippen LogP contribution in [0.5, 0.6) is 0 Å². The predicted octanol–water partition coefficient (Wildman–Crippen LogP) is 2.01. The zero-order valence-corrected chi connectivity index (χ0v) is 13.7. The Kier molecular flexibility index (Phi) is 3.53. The highest BCUT2D eigenvalue weighted by molar-refractivity contribution is 7.17. The van der Waals surface area contributed by atoms with Gasteiger partial charge in [0.2, 0.25) is 0 Å². The number of imide groups is 1. The van der Waals surface area contributed by atoms with Gasteiger partial charge < -0.3 is 10.6 Å². The molecule has 1 saturated carbocycles. The maximum atomic E-state index is 12.4. The molecule has 2 heterocycles. The minimum Gasteiger partial charge on any atom is -0.352 e. The molecule has 2 atom stereocenters. The summed E-state index contributed by atoms with van der Waals surface area (Å²) in [4.78, 5) is 36.1. The van der Waals surface area contributed by atoms with Crippen molar-refractivity contribution >= 4 is 39.3 Å². The van der Waals surface area contributed by atoms with E-state index in [1.807, 2.05) is 29.6 Å². The van der Waals surface area contributed by atoms with Crippen LogP contribution < -0.4 is 16.0 Å². The van der Waals surface area contributed by atoms with Gasteiger partial charge in [0.05, 0.1) is 0 Å². The first-order valence-electron chi connectivity index (χ1n) is 7.97. The number of thiophene rings is 1. The van der Waals surface area contributed by atoms with E-state index < -0.39 is 11.6 Å². The summed E-state index contributed by atoms with van der Waals surface area (Å²) in [6.45, 7) is 0.369. The van der Waals surface area contributed by atoms with Gasteiger partial charge in [0.1, 0.15) is 5.54 Å². The van der Waals surface area contributed by atoms with Gasteiger partial charge in [0.25, 0.3) is 11.8 Å². The maximum absolute atomic E-state index is 12.4. The topological polar surface area (TPSA) is 87.3 Å². The minimum atomic E-state index is -0.859. The number of hydrogen-bond donors (Lipinski definition) is 3. The monoisotopic (exact) mass is 343 g/mol. The Morgan fingerprint density at radius 3 is 3.00 bits per heavy atom. The minimum absolute atomic E-state index is 0.0854.